The maximum atomic E-state index is 10.7. The molecular formula is C16H32N2O. The predicted octanol–water partition coefficient (Wildman–Crippen LogP) is 2.35. The van der Waals surface area contributed by atoms with Crippen molar-refractivity contribution in [2.75, 3.05) is 39.3 Å². The molecule has 112 valence electrons. The van der Waals surface area contributed by atoms with Crippen LogP contribution in [0.2, 0.25) is 0 Å². The van der Waals surface area contributed by atoms with Crippen molar-refractivity contribution >= 4 is 0 Å². The van der Waals surface area contributed by atoms with Crippen molar-refractivity contribution in [3.05, 3.63) is 0 Å². The number of likely N-dealkylation sites (tertiary alicyclic amines) is 1. The Morgan fingerprint density at radius 1 is 1.21 bits per heavy atom. The lowest BCUT2D eigenvalue weighted by atomic mass is 9.71. The molecule has 2 aliphatic rings. The number of piperidine rings is 1. The van der Waals surface area contributed by atoms with E-state index >= 15 is 0 Å². The standard InChI is InChI=1S/C16H32N2O/c1-3-17(4-2)11-7-12-18-13-10-16(19)9-6-5-8-15(16)14-18/h15,19H,3-14H2,1-2H3/t15-,16+/m1/s1. The van der Waals surface area contributed by atoms with Crippen LogP contribution in [0.3, 0.4) is 0 Å². The quantitative estimate of drug-likeness (QED) is 0.801. The normalized spacial score (nSPS) is 32.5. The van der Waals surface area contributed by atoms with Crippen molar-refractivity contribution in [2.45, 2.75) is 58.0 Å². The van der Waals surface area contributed by atoms with Gasteiger partial charge >= 0.3 is 0 Å². The molecule has 2 fully saturated rings. The first kappa shape index (κ1) is 15.3. The van der Waals surface area contributed by atoms with Crippen LogP contribution in [0.4, 0.5) is 0 Å². The molecule has 2 rings (SSSR count). The van der Waals surface area contributed by atoms with Gasteiger partial charge in [-0.05, 0) is 51.9 Å². The lowest BCUT2D eigenvalue weighted by molar-refractivity contribution is -0.0954. The van der Waals surface area contributed by atoms with E-state index in [1.165, 1.54) is 51.9 Å². The van der Waals surface area contributed by atoms with Gasteiger partial charge in [0, 0.05) is 19.0 Å². The molecule has 19 heavy (non-hydrogen) atoms. The highest BCUT2D eigenvalue weighted by molar-refractivity contribution is 4.95. The Hall–Kier alpha value is -0.120. The summed E-state index contributed by atoms with van der Waals surface area (Å²) in [7, 11) is 0. The monoisotopic (exact) mass is 268 g/mol. The number of fused-ring (bicyclic) bond motifs is 1. The van der Waals surface area contributed by atoms with Gasteiger partial charge in [0.15, 0.2) is 0 Å². The molecule has 1 saturated carbocycles. The van der Waals surface area contributed by atoms with E-state index in [0.29, 0.717) is 5.92 Å². The average Bonchev–Trinajstić information content (AvgIpc) is 2.43. The summed E-state index contributed by atoms with van der Waals surface area (Å²) < 4.78 is 0. The molecule has 0 radical (unpaired) electrons. The van der Waals surface area contributed by atoms with Crippen molar-refractivity contribution in [2.24, 2.45) is 5.92 Å². The Kier molecular flexibility index (Phi) is 5.67. The maximum Gasteiger partial charge on any atom is 0.0700 e. The van der Waals surface area contributed by atoms with Gasteiger partial charge < -0.3 is 14.9 Å². The third kappa shape index (κ3) is 3.93. The zero-order valence-corrected chi connectivity index (χ0v) is 12.9. The second-order valence-electron chi connectivity index (χ2n) is 6.48. The molecule has 2 atom stereocenters. The number of rotatable bonds is 6. The smallest absolute Gasteiger partial charge is 0.0700 e. The Bertz CT molecular complexity index is 267. The molecule has 1 N–H and O–H groups in total. The van der Waals surface area contributed by atoms with E-state index in [2.05, 4.69) is 23.6 Å². The van der Waals surface area contributed by atoms with Crippen LogP contribution in [-0.4, -0.2) is 59.8 Å². The van der Waals surface area contributed by atoms with Gasteiger partial charge in [0.25, 0.3) is 0 Å². The molecular weight excluding hydrogens is 236 g/mol. The van der Waals surface area contributed by atoms with Crippen molar-refractivity contribution in [3.63, 3.8) is 0 Å². The molecule has 3 heteroatoms. The first-order valence-electron chi connectivity index (χ1n) is 8.35. The highest BCUT2D eigenvalue weighted by Gasteiger charge is 2.42. The van der Waals surface area contributed by atoms with Gasteiger partial charge in [-0.1, -0.05) is 26.7 Å². The van der Waals surface area contributed by atoms with E-state index < -0.39 is 0 Å². The first-order chi connectivity index (χ1) is 9.18. The van der Waals surface area contributed by atoms with Gasteiger partial charge in [-0.3, -0.25) is 0 Å². The number of hydrogen-bond acceptors (Lipinski definition) is 3. The molecule has 1 aliphatic carbocycles. The average molecular weight is 268 g/mol. The molecule has 0 aromatic rings. The van der Waals surface area contributed by atoms with E-state index in [0.717, 1.165) is 25.9 Å². The van der Waals surface area contributed by atoms with Crippen LogP contribution in [0.15, 0.2) is 0 Å². The third-order valence-corrected chi connectivity index (χ3v) is 5.35. The summed E-state index contributed by atoms with van der Waals surface area (Å²) in [5.74, 6) is 0.545. The van der Waals surface area contributed by atoms with Crippen LogP contribution in [0.5, 0.6) is 0 Å². The van der Waals surface area contributed by atoms with Crippen LogP contribution in [0, 0.1) is 5.92 Å². The molecule has 0 amide bonds. The van der Waals surface area contributed by atoms with E-state index in [9.17, 15) is 5.11 Å². The van der Waals surface area contributed by atoms with Crippen LogP contribution in [0.1, 0.15) is 52.4 Å². The van der Waals surface area contributed by atoms with Crippen LogP contribution in [-0.2, 0) is 0 Å². The minimum atomic E-state index is -0.312. The largest absolute Gasteiger partial charge is 0.390 e. The van der Waals surface area contributed by atoms with Gasteiger partial charge in [0.1, 0.15) is 0 Å². The van der Waals surface area contributed by atoms with Gasteiger partial charge in [-0.2, -0.15) is 0 Å². The highest BCUT2D eigenvalue weighted by atomic mass is 16.3. The molecule has 0 unspecified atom stereocenters. The van der Waals surface area contributed by atoms with E-state index in [1.54, 1.807) is 0 Å². The summed E-state index contributed by atoms with van der Waals surface area (Å²) in [6, 6.07) is 0. The Morgan fingerprint density at radius 2 is 2.00 bits per heavy atom. The van der Waals surface area contributed by atoms with Gasteiger partial charge in [-0.25, -0.2) is 0 Å². The Morgan fingerprint density at radius 3 is 2.74 bits per heavy atom. The van der Waals surface area contributed by atoms with Crippen LogP contribution < -0.4 is 0 Å². The molecule has 1 aliphatic heterocycles. The van der Waals surface area contributed by atoms with Crippen LogP contribution >= 0.6 is 0 Å². The van der Waals surface area contributed by atoms with E-state index in [-0.39, 0.29) is 5.60 Å². The summed E-state index contributed by atoms with van der Waals surface area (Å²) in [5.41, 5.74) is -0.312. The molecule has 0 spiro atoms. The topological polar surface area (TPSA) is 26.7 Å². The number of hydrogen-bond donors (Lipinski definition) is 1. The third-order valence-electron chi connectivity index (χ3n) is 5.35. The van der Waals surface area contributed by atoms with Crippen molar-refractivity contribution < 1.29 is 5.11 Å². The van der Waals surface area contributed by atoms with Crippen molar-refractivity contribution in [1.29, 1.82) is 0 Å². The second-order valence-corrected chi connectivity index (χ2v) is 6.48. The number of aliphatic hydroxyl groups is 1. The van der Waals surface area contributed by atoms with Gasteiger partial charge in [0.05, 0.1) is 5.60 Å². The summed E-state index contributed by atoms with van der Waals surface area (Å²) >= 11 is 0. The molecule has 1 saturated heterocycles. The van der Waals surface area contributed by atoms with Crippen LogP contribution in [0.25, 0.3) is 0 Å². The van der Waals surface area contributed by atoms with Gasteiger partial charge in [-0.15, -0.1) is 0 Å². The molecule has 0 aromatic carbocycles. The molecule has 0 bridgehead atoms. The molecule has 0 aromatic heterocycles. The van der Waals surface area contributed by atoms with Gasteiger partial charge in [0.2, 0.25) is 0 Å². The summed E-state index contributed by atoms with van der Waals surface area (Å²) in [5, 5.41) is 10.7. The summed E-state index contributed by atoms with van der Waals surface area (Å²) in [4.78, 5) is 5.09. The van der Waals surface area contributed by atoms with E-state index in [4.69, 9.17) is 0 Å². The first-order valence-corrected chi connectivity index (χ1v) is 8.35. The van der Waals surface area contributed by atoms with Crippen molar-refractivity contribution in [1.82, 2.24) is 9.80 Å². The summed E-state index contributed by atoms with van der Waals surface area (Å²) in [6.07, 6.45) is 7.11. The zero-order valence-electron chi connectivity index (χ0n) is 12.9. The lowest BCUT2D eigenvalue weighted by Gasteiger charge is -2.47. The fraction of sp³-hybridized carbons (Fsp3) is 1.00. The predicted molar refractivity (Wildman–Crippen MR) is 80.4 cm³/mol. The Labute approximate surface area is 119 Å². The minimum Gasteiger partial charge on any atom is -0.390 e. The zero-order chi connectivity index (χ0) is 13.7. The van der Waals surface area contributed by atoms with E-state index in [1.807, 2.05) is 0 Å². The minimum absolute atomic E-state index is 0.312. The fourth-order valence-corrected chi connectivity index (χ4v) is 3.90. The number of nitrogens with zero attached hydrogens (tertiary/aromatic N) is 2. The van der Waals surface area contributed by atoms with Crippen molar-refractivity contribution in [3.8, 4) is 0 Å². The molecule has 1 heterocycles. The Balaban J connectivity index is 1.72. The molecule has 3 nitrogen and oxygen atoms in total. The lowest BCUT2D eigenvalue weighted by Crippen LogP contribution is -2.53. The highest BCUT2D eigenvalue weighted by Crippen LogP contribution is 2.39. The SMILES string of the molecule is CCN(CC)CCCN1CC[C@@]2(O)CCCC[C@@H]2C1. The summed E-state index contributed by atoms with van der Waals surface area (Å²) in [6.45, 7) is 11.5. The maximum absolute atomic E-state index is 10.7. The second kappa shape index (κ2) is 7.05. The fourth-order valence-electron chi connectivity index (χ4n) is 3.90.